The van der Waals surface area contributed by atoms with Crippen LogP contribution in [0.2, 0.25) is 0 Å². The Kier molecular flexibility index (Phi) is 2.34. The van der Waals surface area contributed by atoms with Gasteiger partial charge in [-0.1, -0.05) is 27.7 Å². The van der Waals surface area contributed by atoms with E-state index < -0.39 is 0 Å². The van der Waals surface area contributed by atoms with Crippen LogP contribution in [-0.4, -0.2) is 24.5 Å². The van der Waals surface area contributed by atoms with Crippen molar-refractivity contribution in [3.8, 4) is 0 Å². The summed E-state index contributed by atoms with van der Waals surface area (Å²) < 4.78 is 0. The largest absolute Gasteiger partial charge is 0.351 e. The minimum Gasteiger partial charge on any atom is -0.351 e. The van der Waals surface area contributed by atoms with Crippen LogP contribution in [0.3, 0.4) is 0 Å². The zero-order chi connectivity index (χ0) is 11.3. The number of rotatable bonds is 2. The minimum atomic E-state index is 0.0530. The van der Waals surface area contributed by atoms with E-state index in [0.29, 0.717) is 6.04 Å². The van der Waals surface area contributed by atoms with E-state index in [4.69, 9.17) is 0 Å². The number of carbonyl (C=O) groups is 1. The molecule has 15 heavy (non-hydrogen) atoms. The lowest BCUT2D eigenvalue weighted by Crippen LogP contribution is -2.42. The molecular formula is C12H22N2O. The van der Waals surface area contributed by atoms with Gasteiger partial charge in [0.15, 0.2) is 0 Å². The summed E-state index contributed by atoms with van der Waals surface area (Å²) in [5.41, 5.74) is 0.475. The van der Waals surface area contributed by atoms with E-state index in [1.54, 1.807) is 0 Å². The summed E-state index contributed by atoms with van der Waals surface area (Å²) in [5, 5.41) is 6.41. The van der Waals surface area contributed by atoms with Crippen molar-refractivity contribution in [1.29, 1.82) is 0 Å². The van der Waals surface area contributed by atoms with Gasteiger partial charge in [-0.25, -0.2) is 0 Å². The molecule has 1 aliphatic carbocycles. The molecule has 1 aliphatic heterocycles. The van der Waals surface area contributed by atoms with Crippen molar-refractivity contribution in [1.82, 2.24) is 10.6 Å². The fourth-order valence-corrected chi connectivity index (χ4v) is 2.71. The molecule has 1 unspecified atom stereocenters. The number of amides is 1. The fraction of sp³-hybridized carbons (Fsp3) is 0.917. The Labute approximate surface area is 92.0 Å². The number of nitrogens with one attached hydrogen (secondary N) is 2. The van der Waals surface area contributed by atoms with Crippen LogP contribution < -0.4 is 10.6 Å². The highest BCUT2D eigenvalue weighted by atomic mass is 16.2. The van der Waals surface area contributed by atoms with Gasteiger partial charge in [0, 0.05) is 6.04 Å². The smallest absolute Gasteiger partial charge is 0.237 e. The molecule has 0 bridgehead atoms. The van der Waals surface area contributed by atoms with E-state index in [2.05, 4.69) is 38.3 Å². The summed E-state index contributed by atoms with van der Waals surface area (Å²) in [6.07, 6.45) is 2.11. The Hall–Kier alpha value is -0.570. The standard InChI is InChI=1S/C12H22N2O/c1-11(2)10(12(11,3)4)14-9(15)8-6-5-7-13-8/h8,10,13H,5-7H2,1-4H3,(H,14,15). The molecule has 1 saturated heterocycles. The summed E-state index contributed by atoms with van der Waals surface area (Å²) in [5.74, 6) is 0.191. The minimum absolute atomic E-state index is 0.0530. The van der Waals surface area contributed by atoms with Gasteiger partial charge in [-0.3, -0.25) is 4.79 Å². The topological polar surface area (TPSA) is 41.1 Å². The van der Waals surface area contributed by atoms with Crippen LogP contribution >= 0.6 is 0 Å². The zero-order valence-corrected chi connectivity index (χ0v) is 10.2. The van der Waals surface area contributed by atoms with Crippen molar-refractivity contribution in [2.24, 2.45) is 10.8 Å². The maximum atomic E-state index is 11.9. The van der Waals surface area contributed by atoms with Crippen LogP contribution in [0.15, 0.2) is 0 Å². The molecule has 2 fully saturated rings. The molecule has 0 aromatic carbocycles. The van der Waals surface area contributed by atoms with Crippen LogP contribution in [0, 0.1) is 10.8 Å². The molecule has 1 heterocycles. The summed E-state index contributed by atoms with van der Waals surface area (Å²) in [6, 6.07) is 0.386. The van der Waals surface area contributed by atoms with Gasteiger partial charge >= 0.3 is 0 Å². The fourth-order valence-electron chi connectivity index (χ4n) is 2.71. The highest BCUT2D eigenvalue weighted by molar-refractivity contribution is 5.83. The average molecular weight is 210 g/mol. The molecule has 1 atom stereocenters. The summed E-state index contributed by atoms with van der Waals surface area (Å²) in [7, 11) is 0. The normalized spacial score (nSPS) is 32.7. The second-order valence-corrected chi connectivity index (χ2v) is 6.03. The summed E-state index contributed by atoms with van der Waals surface area (Å²) >= 11 is 0. The first-order chi connectivity index (χ1) is 6.87. The average Bonchev–Trinajstić information content (AvgIpc) is 2.65. The van der Waals surface area contributed by atoms with E-state index in [1.807, 2.05) is 0 Å². The van der Waals surface area contributed by atoms with Gasteiger partial charge in [0.2, 0.25) is 5.91 Å². The second-order valence-electron chi connectivity index (χ2n) is 6.03. The molecule has 3 nitrogen and oxygen atoms in total. The van der Waals surface area contributed by atoms with Gasteiger partial charge in [-0.15, -0.1) is 0 Å². The third-order valence-electron chi connectivity index (χ3n) is 4.68. The Bertz CT molecular complexity index is 263. The van der Waals surface area contributed by atoms with Crippen LogP contribution in [0.25, 0.3) is 0 Å². The zero-order valence-electron chi connectivity index (χ0n) is 10.2. The Morgan fingerprint density at radius 2 is 1.87 bits per heavy atom. The highest BCUT2D eigenvalue weighted by Gasteiger charge is 2.65. The van der Waals surface area contributed by atoms with Crippen molar-refractivity contribution in [3.05, 3.63) is 0 Å². The number of carbonyl (C=O) groups excluding carboxylic acids is 1. The van der Waals surface area contributed by atoms with Gasteiger partial charge < -0.3 is 10.6 Å². The summed E-state index contributed by atoms with van der Waals surface area (Å²) in [6.45, 7) is 9.87. The van der Waals surface area contributed by atoms with Gasteiger partial charge in [0.25, 0.3) is 0 Å². The van der Waals surface area contributed by atoms with Crippen molar-refractivity contribution >= 4 is 5.91 Å². The molecule has 1 saturated carbocycles. The van der Waals surface area contributed by atoms with Crippen LogP contribution in [0.4, 0.5) is 0 Å². The lowest BCUT2D eigenvalue weighted by Gasteiger charge is -2.12. The van der Waals surface area contributed by atoms with Crippen molar-refractivity contribution in [3.63, 3.8) is 0 Å². The van der Waals surface area contributed by atoms with Gasteiger partial charge in [0.05, 0.1) is 6.04 Å². The molecule has 2 rings (SSSR count). The Morgan fingerprint density at radius 1 is 1.27 bits per heavy atom. The van der Waals surface area contributed by atoms with Crippen molar-refractivity contribution in [2.75, 3.05) is 6.54 Å². The molecule has 2 aliphatic rings. The van der Waals surface area contributed by atoms with E-state index in [0.717, 1.165) is 19.4 Å². The molecule has 0 radical (unpaired) electrons. The molecule has 86 valence electrons. The maximum absolute atomic E-state index is 11.9. The van der Waals surface area contributed by atoms with Gasteiger partial charge in [-0.05, 0) is 30.2 Å². The quantitative estimate of drug-likeness (QED) is 0.721. The van der Waals surface area contributed by atoms with Crippen molar-refractivity contribution in [2.45, 2.75) is 52.6 Å². The number of hydrogen-bond acceptors (Lipinski definition) is 2. The third kappa shape index (κ3) is 1.57. The molecule has 0 aromatic rings. The maximum Gasteiger partial charge on any atom is 0.237 e. The Balaban J connectivity index is 1.91. The molecule has 2 N–H and O–H groups in total. The lowest BCUT2D eigenvalue weighted by atomic mass is 10.0. The van der Waals surface area contributed by atoms with Crippen LogP contribution in [-0.2, 0) is 4.79 Å². The van der Waals surface area contributed by atoms with E-state index in [9.17, 15) is 4.79 Å². The first-order valence-electron chi connectivity index (χ1n) is 5.91. The Morgan fingerprint density at radius 3 is 2.27 bits per heavy atom. The van der Waals surface area contributed by atoms with E-state index >= 15 is 0 Å². The lowest BCUT2D eigenvalue weighted by molar-refractivity contribution is -0.123. The molecule has 1 amide bonds. The molecule has 0 aromatic heterocycles. The van der Waals surface area contributed by atoms with Crippen molar-refractivity contribution < 1.29 is 4.79 Å². The predicted octanol–water partition coefficient (Wildman–Crippen LogP) is 1.29. The number of hydrogen-bond donors (Lipinski definition) is 2. The van der Waals surface area contributed by atoms with E-state index in [1.165, 1.54) is 0 Å². The van der Waals surface area contributed by atoms with Gasteiger partial charge in [0.1, 0.15) is 0 Å². The molecule has 3 heteroatoms. The monoisotopic (exact) mass is 210 g/mol. The summed E-state index contributed by atoms with van der Waals surface area (Å²) in [4.78, 5) is 11.9. The molecule has 0 spiro atoms. The predicted molar refractivity (Wildman–Crippen MR) is 60.5 cm³/mol. The first kappa shape index (κ1) is 10.9. The van der Waals surface area contributed by atoms with Gasteiger partial charge in [-0.2, -0.15) is 0 Å². The highest BCUT2D eigenvalue weighted by Crippen LogP contribution is 2.62. The first-order valence-corrected chi connectivity index (χ1v) is 5.91. The SMILES string of the molecule is CC1(C)C(NC(=O)C2CCCN2)C1(C)C. The van der Waals surface area contributed by atoms with Crippen LogP contribution in [0.5, 0.6) is 0 Å². The third-order valence-corrected chi connectivity index (χ3v) is 4.68. The van der Waals surface area contributed by atoms with Crippen LogP contribution in [0.1, 0.15) is 40.5 Å². The molecular weight excluding hydrogens is 188 g/mol. The van der Waals surface area contributed by atoms with E-state index in [-0.39, 0.29) is 22.8 Å². The second kappa shape index (κ2) is 3.21.